The van der Waals surface area contributed by atoms with Crippen molar-refractivity contribution in [1.29, 1.82) is 0 Å². The first-order chi connectivity index (χ1) is 20.6. The summed E-state index contributed by atoms with van der Waals surface area (Å²) in [5.41, 5.74) is -4.65. The number of nitrogens with zero attached hydrogens (tertiary/aromatic N) is 1. The number of methoxy groups -OCH3 is 1. The summed E-state index contributed by atoms with van der Waals surface area (Å²) in [5, 5.41) is 1.08. The first-order valence-corrected chi connectivity index (χ1v) is 15.1. The zero-order chi connectivity index (χ0) is 32.3. The van der Waals surface area contributed by atoms with Crippen LogP contribution in [0.3, 0.4) is 0 Å². The number of alkyl halides is 6. The lowest BCUT2D eigenvalue weighted by atomic mass is 9.76. The third-order valence-electron chi connectivity index (χ3n) is 7.22. The molecule has 0 saturated heterocycles. The molecule has 1 aromatic carbocycles. The summed E-state index contributed by atoms with van der Waals surface area (Å²) in [7, 11) is -2.83. The number of amides is 2. The molecule has 16 heteroatoms. The van der Waals surface area contributed by atoms with E-state index >= 15 is 0 Å². The van der Waals surface area contributed by atoms with E-state index in [4.69, 9.17) is 9.47 Å². The van der Waals surface area contributed by atoms with Crippen molar-refractivity contribution in [3.63, 3.8) is 0 Å². The molecule has 240 valence electrons. The smallest absolute Gasteiger partial charge is 0.416 e. The molecule has 4 rings (SSSR count). The molecule has 1 saturated carbocycles. The zero-order valence-electron chi connectivity index (χ0n) is 23.3. The van der Waals surface area contributed by atoms with E-state index in [1.807, 2.05) is 10.0 Å². The number of benzene rings is 1. The molecule has 0 radical (unpaired) electrons. The number of unbranched alkanes of at least 4 members (excludes halogenated alkanes) is 2. The lowest BCUT2D eigenvalue weighted by Gasteiger charge is -2.41. The van der Waals surface area contributed by atoms with Crippen LogP contribution in [0.2, 0.25) is 0 Å². The van der Waals surface area contributed by atoms with Crippen molar-refractivity contribution in [3.8, 4) is 11.6 Å². The Hall–Kier alpha value is -3.82. The Bertz CT molecular complexity index is 1500. The van der Waals surface area contributed by atoms with Crippen LogP contribution in [-0.2, 0) is 25.2 Å². The maximum atomic E-state index is 14.9. The Morgan fingerprint density at radius 3 is 2.27 bits per heavy atom. The molecule has 1 aliphatic carbocycles. The molecular formula is C28H29F6N3O6S. The summed E-state index contributed by atoms with van der Waals surface area (Å²) in [5.74, 6) is -2.54. The Morgan fingerprint density at radius 2 is 1.73 bits per heavy atom. The van der Waals surface area contributed by atoms with Crippen LogP contribution in [0.1, 0.15) is 56.1 Å². The standard InChI is InChI=1S/C28H29F6N3O6S/c1-42-22-12-5-17(16-35-22)21-15-26(28(32,33)34,36-24(38)23(21)25(39)37-44(40,41)20-10-11-20)18-6-8-19(9-7-18)43-14-4-2-3-13-27(29,30)31/h5-9,12,16,20H,2-4,10-11,13-15H2,1H3,(H,36,38)(H,37,39)/t26-/m0/s1. The molecule has 2 N–H and O–H groups in total. The molecule has 0 spiro atoms. The van der Waals surface area contributed by atoms with Crippen molar-refractivity contribution in [3.05, 3.63) is 59.3 Å². The number of carbonyl (C=O) groups is 2. The van der Waals surface area contributed by atoms with E-state index in [1.54, 1.807) is 0 Å². The van der Waals surface area contributed by atoms with Crippen molar-refractivity contribution in [1.82, 2.24) is 15.0 Å². The monoisotopic (exact) mass is 649 g/mol. The van der Waals surface area contributed by atoms with Crippen molar-refractivity contribution in [2.24, 2.45) is 0 Å². The average Bonchev–Trinajstić information content (AvgIpc) is 3.80. The lowest BCUT2D eigenvalue weighted by Crippen LogP contribution is -2.60. The Labute approximate surface area is 249 Å². The van der Waals surface area contributed by atoms with Crippen LogP contribution in [0.4, 0.5) is 26.3 Å². The van der Waals surface area contributed by atoms with Gasteiger partial charge in [0.25, 0.3) is 11.8 Å². The first kappa shape index (κ1) is 33.1. The van der Waals surface area contributed by atoms with Gasteiger partial charge in [0.2, 0.25) is 15.9 Å². The number of hydrogen-bond acceptors (Lipinski definition) is 7. The van der Waals surface area contributed by atoms with Crippen LogP contribution in [0.15, 0.2) is 48.2 Å². The minimum Gasteiger partial charge on any atom is -0.494 e. The summed E-state index contributed by atoms with van der Waals surface area (Å²) >= 11 is 0. The minimum atomic E-state index is -5.10. The molecule has 1 aliphatic heterocycles. The van der Waals surface area contributed by atoms with Crippen LogP contribution in [0, 0.1) is 0 Å². The number of rotatable bonds is 12. The molecule has 1 fully saturated rings. The number of hydrogen-bond donors (Lipinski definition) is 2. The second-order valence-corrected chi connectivity index (χ2v) is 12.4. The molecular weight excluding hydrogens is 620 g/mol. The molecule has 1 atom stereocenters. The van der Waals surface area contributed by atoms with E-state index in [1.165, 1.54) is 31.4 Å². The predicted octanol–water partition coefficient (Wildman–Crippen LogP) is 4.93. The number of carbonyl (C=O) groups excluding carboxylic acids is 2. The minimum absolute atomic E-state index is 0.0336. The summed E-state index contributed by atoms with van der Waals surface area (Å²) in [6.45, 7) is 0.0396. The van der Waals surface area contributed by atoms with Crippen molar-refractivity contribution in [2.45, 2.75) is 68.1 Å². The Balaban J connectivity index is 1.64. The highest BCUT2D eigenvalue weighted by Crippen LogP contribution is 2.48. The van der Waals surface area contributed by atoms with Gasteiger partial charge in [-0.15, -0.1) is 0 Å². The zero-order valence-corrected chi connectivity index (χ0v) is 24.2. The summed E-state index contributed by atoms with van der Waals surface area (Å²) in [4.78, 5) is 30.4. The van der Waals surface area contributed by atoms with Crippen LogP contribution < -0.4 is 19.5 Å². The summed E-state index contributed by atoms with van der Waals surface area (Å²) in [6.07, 6.45) is -9.07. The molecule has 0 bridgehead atoms. The fraction of sp³-hybridized carbons (Fsp3) is 0.464. The van der Waals surface area contributed by atoms with Gasteiger partial charge in [-0.25, -0.2) is 18.1 Å². The van der Waals surface area contributed by atoms with E-state index in [0.717, 1.165) is 18.3 Å². The average molecular weight is 650 g/mol. The number of ether oxygens (including phenoxy) is 2. The van der Waals surface area contributed by atoms with Crippen molar-refractivity contribution in [2.75, 3.05) is 13.7 Å². The van der Waals surface area contributed by atoms with Crippen LogP contribution >= 0.6 is 0 Å². The van der Waals surface area contributed by atoms with Gasteiger partial charge in [0.15, 0.2) is 5.54 Å². The largest absolute Gasteiger partial charge is 0.494 e. The Morgan fingerprint density at radius 1 is 1.05 bits per heavy atom. The molecule has 2 aromatic rings. The SMILES string of the molecule is COc1ccc(C2=C(C(=O)NS(=O)(=O)C3CC3)C(=O)N[C@@](c3ccc(OCCCCCC(F)(F)F)cc3)(C(F)(F)F)C2)cn1. The van der Waals surface area contributed by atoms with Crippen molar-refractivity contribution >= 4 is 27.4 Å². The van der Waals surface area contributed by atoms with Gasteiger partial charge in [-0.2, -0.15) is 26.3 Å². The number of pyridine rings is 1. The highest BCUT2D eigenvalue weighted by atomic mass is 32.2. The third-order valence-corrected chi connectivity index (χ3v) is 9.04. The number of aromatic nitrogens is 1. The second kappa shape index (κ2) is 12.7. The molecule has 2 heterocycles. The molecule has 44 heavy (non-hydrogen) atoms. The van der Waals surface area contributed by atoms with E-state index in [2.05, 4.69) is 4.98 Å². The van der Waals surface area contributed by atoms with Crippen LogP contribution in [-0.4, -0.2) is 56.5 Å². The molecule has 2 aliphatic rings. The molecule has 0 unspecified atom stereocenters. The van der Waals surface area contributed by atoms with Gasteiger partial charge in [0.05, 0.1) is 19.0 Å². The molecule has 1 aromatic heterocycles. The van der Waals surface area contributed by atoms with Gasteiger partial charge in [-0.1, -0.05) is 12.1 Å². The highest BCUT2D eigenvalue weighted by molar-refractivity contribution is 7.91. The number of nitrogens with one attached hydrogen (secondary N) is 2. The quantitative estimate of drug-likeness (QED) is 0.190. The van der Waals surface area contributed by atoms with Gasteiger partial charge in [0, 0.05) is 25.1 Å². The topological polar surface area (TPSA) is 124 Å². The summed E-state index contributed by atoms with van der Waals surface area (Å²) in [6, 6.07) is 7.24. The van der Waals surface area contributed by atoms with E-state index in [0.29, 0.717) is 19.3 Å². The fourth-order valence-corrected chi connectivity index (χ4v) is 6.02. The van der Waals surface area contributed by atoms with Gasteiger partial charge in [-0.3, -0.25) is 9.59 Å². The first-order valence-electron chi connectivity index (χ1n) is 13.6. The number of sulfonamides is 1. The lowest BCUT2D eigenvalue weighted by molar-refractivity contribution is -0.201. The summed E-state index contributed by atoms with van der Waals surface area (Å²) < 4.78 is 119. The highest BCUT2D eigenvalue weighted by Gasteiger charge is 2.60. The fourth-order valence-electron chi connectivity index (χ4n) is 4.74. The van der Waals surface area contributed by atoms with Crippen LogP contribution in [0.5, 0.6) is 11.6 Å². The normalized spacial score (nSPS) is 19.4. The van der Waals surface area contributed by atoms with E-state index in [-0.39, 0.29) is 42.2 Å². The predicted molar refractivity (Wildman–Crippen MR) is 145 cm³/mol. The maximum Gasteiger partial charge on any atom is 0.416 e. The Kier molecular flexibility index (Phi) is 9.51. The van der Waals surface area contributed by atoms with Gasteiger partial charge >= 0.3 is 12.4 Å². The van der Waals surface area contributed by atoms with Gasteiger partial charge < -0.3 is 14.8 Å². The molecule has 9 nitrogen and oxygen atoms in total. The van der Waals surface area contributed by atoms with Gasteiger partial charge in [0.1, 0.15) is 11.3 Å². The second-order valence-electron chi connectivity index (χ2n) is 10.5. The van der Waals surface area contributed by atoms with Crippen LogP contribution in [0.25, 0.3) is 5.57 Å². The third kappa shape index (κ3) is 7.63. The molecule has 2 amide bonds. The van der Waals surface area contributed by atoms with E-state index in [9.17, 15) is 44.3 Å². The maximum absolute atomic E-state index is 14.9. The van der Waals surface area contributed by atoms with Gasteiger partial charge in [-0.05, 0) is 67.0 Å². The number of halogens is 6. The van der Waals surface area contributed by atoms with Crippen molar-refractivity contribution < 1.29 is 53.8 Å². The van der Waals surface area contributed by atoms with E-state index < -0.39 is 69.0 Å².